The Hall–Kier alpha value is -0.450. The van der Waals surface area contributed by atoms with Gasteiger partial charge in [-0.05, 0) is 0 Å². The average molecular weight is 240 g/mol. The van der Waals surface area contributed by atoms with Gasteiger partial charge in [0.25, 0.3) is 0 Å². The molecule has 0 saturated heterocycles. The average Bonchev–Trinajstić information content (AvgIpc) is 1.78. The lowest BCUT2D eigenvalue weighted by molar-refractivity contribution is 0.493. The van der Waals surface area contributed by atoms with Crippen LogP contribution in [-0.4, -0.2) is 14.7 Å². The highest BCUT2D eigenvalue weighted by Crippen LogP contribution is 2.24. The number of halogens is 2. The minimum atomic E-state index is -3.54. The molecular formula is C7H5Cl2O3S. The largest absolute Gasteiger partial charge is 0.382 e. The Morgan fingerprint density at radius 2 is 1.77 bits per heavy atom. The molecule has 1 aromatic carbocycles. The van der Waals surface area contributed by atoms with Crippen LogP contribution >= 0.6 is 23.2 Å². The number of hydrogen-bond acceptors (Lipinski definition) is 3. The molecule has 0 spiro atoms. The van der Waals surface area contributed by atoms with Gasteiger partial charge in [0.2, 0.25) is 0 Å². The zero-order chi connectivity index (χ0) is 10.1. The van der Waals surface area contributed by atoms with Crippen molar-refractivity contribution in [2.45, 2.75) is 0 Å². The highest BCUT2D eigenvalue weighted by molar-refractivity contribution is 7.86. The van der Waals surface area contributed by atoms with Crippen LogP contribution in [0.15, 0.2) is 12.1 Å². The fourth-order valence-corrected chi connectivity index (χ4v) is 1.61. The highest BCUT2D eigenvalue weighted by atomic mass is 35.5. The second kappa shape index (κ2) is 3.74. The number of benzene rings is 1. The molecule has 1 rings (SSSR count). The van der Waals surface area contributed by atoms with Crippen LogP contribution in [-0.2, 0) is 10.1 Å². The minimum absolute atomic E-state index is 0.0799. The van der Waals surface area contributed by atoms with Crippen molar-refractivity contribution < 1.29 is 12.6 Å². The molecule has 0 aromatic heterocycles. The van der Waals surface area contributed by atoms with Crippen LogP contribution in [0.3, 0.4) is 0 Å². The molecule has 0 heterocycles. The van der Waals surface area contributed by atoms with E-state index < -0.39 is 10.1 Å². The molecule has 0 fully saturated rings. The second-order valence-electron chi connectivity index (χ2n) is 2.30. The third-order valence-electron chi connectivity index (χ3n) is 1.02. The Bertz CT molecular complexity index is 393. The van der Waals surface area contributed by atoms with Gasteiger partial charge in [-0.25, -0.2) is 0 Å². The highest BCUT2D eigenvalue weighted by Gasteiger charge is 2.06. The summed E-state index contributed by atoms with van der Waals surface area (Å²) in [6, 6.07) is 5.18. The van der Waals surface area contributed by atoms with E-state index in [1.807, 2.05) is 0 Å². The lowest BCUT2D eigenvalue weighted by Crippen LogP contribution is -2.05. The first-order valence-corrected chi connectivity index (χ1v) is 5.72. The molecule has 13 heavy (non-hydrogen) atoms. The Balaban J connectivity index is 3.03. The molecule has 0 bridgehead atoms. The topological polar surface area (TPSA) is 43.4 Å². The van der Waals surface area contributed by atoms with Crippen molar-refractivity contribution in [1.29, 1.82) is 0 Å². The quantitative estimate of drug-likeness (QED) is 0.743. The monoisotopic (exact) mass is 239 g/mol. The molecule has 1 radical (unpaired) electrons. The van der Waals surface area contributed by atoms with Crippen LogP contribution in [0.1, 0.15) is 0 Å². The summed E-state index contributed by atoms with van der Waals surface area (Å²) in [7, 11) is -3.54. The van der Waals surface area contributed by atoms with E-state index in [4.69, 9.17) is 23.2 Å². The summed E-state index contributed by atoms with van der Waals surface area (Å²) in [6.07, 6.45) is 0.936. The Morgan fingerprint density at radius 3 is 2.15 bits per heavy atom. The van der Waals surface area contributed by atoms with Gasteiger partial charge in [-0.15, -0.1) is 0 Å². The fourth-order valence-electron chi connectivity index (χ4n) is 0.701. The third-order valence-corrected chi connectivity index (χ3v) is 1.93. The predicted octanol–water partition coefficient (Wildman–Crippen LogP) is 2.13. The van der Waals surface area contributed by atoms with Crippen LogP contribution in [0, 0.1) is 6.07 Å². The predicted molar refractivity (Wildman–Crippen MR) is 50.8 cm³/mol. The lowest BCUT2D eigenvalue weighted by Gasteiger charge is -2.02. The van der Waals surface area contributed by atoms with Crippen LogP contribution in [0.2, 0.25) is 10.0 Å². The summed E-state index contributed by atoms with van der Waals surface area (Å²) in [6.45, 7) is 0. The maximum absolute atomic E-state index is 10.7. The van der Waals surface area contributed by atoms with Crippen molar-refractivity contribution in [3.05, 3.63) is 28.2 Å². The normalized spacial score (nSPS) is 11.3. The zero-order valence-corrected chi connectivity index (χ0v) is 8.87. The van der Waals surface area contributed by atoms with Gasteiger partial charge in [-0.1, -0.05) is 23.2 Å². The summed E-state index contributed by atoms with van der Waals surface area (Å²) in [5, 5.41) is 0.400. The van der Waals surface area contributed by atoms with Crippen molar-refractivity contribution in [3.8, 4) is 5.75 Å². The molecule has 3 nitrogen and oxygen atoms in total. The van der Waals surface area contributed by atoms with Crippen LogP contribution in [0.25, 0.3) is 0 Å². The summed E-state index contributed by atoms with van der Waals surface area (Å²) >= 11 is 11.1. The SMILES string of the molecule is CS(=O)(=O)Oc1cc(Cl)[c]c(Cl)c1. The first-order chi connectivity index (χ1) is 5.87. The van der Waals surface area contributed by atoms with Gasteiger partial charge < -0.3 is 4.18 Å². The van der Waals surface area contributed by atoms with Crippen molar-refractivity contribution in [3.63, 3.8) is 0 Å². The minimum Gasteiger partial charge on any atom is -0.382 e. The van der Waals surface area contributed by atoms with Crippen LogP contribution in [0.5, 0.6) is 5.75 Å². The smallest absolute Gasteiger partial charge is 0.306 e. The van der Waals surface area contributed by atoms with Gasteiger partial charge in [0.1, 0.15) is 5.75 Å². The second-order valence-corrected chi connectivity index (χ2v) is 4.69. The standard InChI is InChI=1S/C7H5Cl2O3S/c1-13(10,11)12-7-3-5(8)2-6(9)4-7/h3-4H,1H3. The Labute approximate surface area is 86.4 Å². The Morgan fingerprint density at radius 1 is 1.31 bits per heavy atom. The molecular weight excluding hydrogens is 235 g/mol. The van der Waals surface area contributed by atoms with Crippen LogP contribution in [0.4, 0.5) is 0 Å². The number of rotatable bonds is 2. The zero-order valence-electron chi connectivity index (χ0n) is 6.54. The van der Waals surface area contributed by atoms with Crippen molar-refractivity contribution >= 4 is 33.3 Å². The van der Waals surface area contributed by atoms with Gasteiger partial charge in [-0.2, -0.15) is 8.42 Å². The van der Waals surface area contributed by atoms with Crippen LogP contribution < -0.4 is 4.18 Å². The molecule has 0 unspecified atom stereocenters. The van der Waals surface area contributed by atoms with Gasteiger partial charge in [0.05, 0.1) is 16.3 Å². The molecule has 0 atom stereocenters. The molecule has 0 N–H and O–H groups in total. The van der Waals surface area contributed by atoms with E-state index in [1.54, 1.807) is 0 Å². The summed E-state index contributed by atoms with van der Waals surface area (Å²) in [5.74, 6) is 0.0799. The molecule has 0 amide bonds. The van der Waals surface area contributed by atoms with Gasteiger partial charge in [0.15, 0.2) is 0 Å². The maximum atomic E-state index is 10.7. The summed E-state index contributed by atoms with van der Waals surface area (Å²) in [4.78, 5) is 0. The molecule has 6 heteroatoms. The molecule has 0 aliphatic rings. The summed E-state index contributed by atoms with van der Waals surface area (Å²) < 4.78 is 26.0. The third kappa shape index (κ3) is 3.85. The van der Waals surface area contributed by atoms with E-state index in [-0.39, 0.29) is 15.8 Å². The summed E-state index contributed by atoms with van der Waals surface area (Å²) in [5.41, 5.74) is 0. The maximum Gasteiger partial charge on any atom is 0.306 e. The van der Waals surface area contributed by atoms with E-state index in [2.05, 4.69) is 10.2 Å². The van der Waals surface area contributed by atoms with Crippen molar-refractivity contribution in [2.75, 3.05) is 6.26 Å². The van der Waals surface area contributed by atoms with Crippen molar-refractivity contribution in [1.82, 2.24) is 0 Å². The van der Waals surface area contributed by atoms with Gasteiger partial charge in [-0.3, -0.25) is 0 Å². The first kappa shape index (κ1) is 10.6. The van der Waals surface area contributed by atoms with E-state index >= 15 is 0 Å². The molecule has 1 aromatic rings. The first-order valence-electron chi connectivity index (χ1n) is 3.15. The van der Waals surface area contributed by atoms with Crippen molar-refractivity contribution in [2.24, 2.45) is 0 Å². The molecule has 0 aliphatic carbocycles. The van der Waals surface area contributed by atoms with E-state index in [0.717, 1.165) is 6.26 Å². The Kier molecular flexibility index (Phi) is 3.05. The lowest BCUT2D eigenvalue weighted by atomic mass is 10.3. The molecule has 0 aliphatic heterocycles. The van der Waals surface area contributed by atoms with E-state index in [0.29, 0.717) is 0 Å². The molecule has 71 valence electrons. The van der Waals surface area contributed by atoms with E-state index in [9.17, 15) is 8.42 Å². The molecule has 0 saturated carbocycles. The number of hydrogen-bond donors (Lipinski definition) is 0. The van der Waals surface area contributed by atoms with Gasteiger partial charge in [0, 0.05) is 18.2 Å². The van der Waals surface area contributed by atoms with Gasteiger partial charge >= 0.3 is 10.1 Å². The van der Waals surface area contributed by atoms with E-state index in [1.165, 1.54) is 12.1 Å². The fraction of sp³-hybridized carbons (Fsp3) is 0.143.